The summed E-state index contributed by atoms with van der Waals surface area (Å²) in [7, 11) is 0. The fourth-order valence-corrected chi connectivity index (χ4v) is 2.83. The van der Waals surface area contributed by atoms with Crippen LogP contribution in [-0.2, 0) is 11.2 Å². The molecule has 2 rings (SSSR count). The molecule has 3 N–H and O–H groups in total. The number of urea groups is 1. The van der Waals surface area contributed by atoms with E-state index in [0.717, 1.165) is 31.6 Å². The summed E-state index contributed by atoms with van der Waals surface area (Å²) in [4.78, 5) is 12.1. The van der Waals surface area contributed by atoms with Crippen molar-refractivity contribution >= 4 is 6.03 Å². The van der Waals surface area contributed by atoms with Crippen molar-refractivity contribution in [3.05, 3.63) is 35.9 Å². The molecule has 2 atom stereocenters. The van der Waals surface area contributed by atoms with E-state index >= 15 is 0 Å². The van der Waals surface area contributed by atoms with Gasteiger partial charge in [0, 0.05) is 19.3 Å². The summed E-state index contributed by atoms with van der Waals surface area (Å²) < 4.78 is 5.34. The smallest absolute Gasteiger partial charge is 0.315 e. The number of aliphatic hydroxyl groups excluding tert-OH is 1. The van der Waals surface area contributed by atoms with Crippen molar-refractivity contribution < 1.29 is 14.6 Å². The van der Waals surface area contributed by atoms with Gasteiger partial charge in [-0.25, -0.2) is 4.79 Å². The maximum Gasteiger partial charge on any atom is 0.315 e. The molecule has 1 fully saturated rings. The van der Waals surface area contributed by atoms with Crippen LogP contribution >= 0.6 is 0 Å². The monoisotopic (exact) mass is 306 g/mol. The van der Waals surface area contributed by atoms with Gasteiger partial charge in [-0.15, -0.1) is 0 Å². The molecule has 0 aromatic heterocycles. The van der Waals surface area contributed by atoms with Crippen LogP contribution in [0.2, 0.25) is 0 Å². The first-order valence-corrected chi connectivity index (χ1v) is 7.98. The van der Waals surface area contributed by atoms with Crippen molar-refractivity contribution in [1.82, 2.24) is 10.6 Å². The molecule has 5 nitrogen and oxygen atoms in total. The predicted octanol–water partition coefficient (Wildman–Crippen LogP) is 1.70. The second-order valence-corrected chi connectivity index (χ2v) is 5.93. The van der Waals surface area contributed by atoms with Crippen LogP contribution in [0.1, 0.15) is 25.3 Å². The Morgan fingerprint density at radius 1 is 1.27 bits per heavy atom. The maximum atomic E-state index is 12.1. The third-order valence-electron chi connectivity index (χ3n) is 4.21. The summed E-state index contributed by atoms with van der Waals surface area (Å²) in [6.45, 7) is 3.49. The number of carbonyl (C=O) groups excluding carboxylic acids is 1. The molecule has 0 aliphatic carbocycles. The van der Waals surface area contributed by atoms with Crippen molar-refractivity contribution in [2.24, 2.45) is 5.92 Å². The largest absolute Gasteiger partial charge is 0.394 e. The zero-order chi connectivity index (χ0) is 15.8. The molecule has 5 heteroatoms. The fourth-order valence-electron chi connectivity index (χ4n) is 2.83. The summed E-state index contributed by atoms with van der Waals surface area (Å²) in [6, 6.07) is 9.47. The number of ether oxygens (including phenoxy) is 1. The molecule has 1 heterocycles. The number of nitrogens with one attached hydrogen (secondary N) is 2. The van der Waals surface area contributed by atoms with Crippen LogP contribution in [0.25, 0.3) is 0 Å². The van der Waals surface area contributed by atoms with Crippen molar-refractivity contribution in [3.8, 4) is 0 Å². The van der Waals surface area contributed by atoms with E-state index in [0.29, 0.717) is 12.3 Å². The van der Waals surface area contributed by atoms with Crippen LogP contribution in [0.15, 0.2) is 30.3 Å². The lowest BCUT2D eigenvalue weighted by molar-refractivity contribution is 0.0570. The summed E-state index contributed by atoms with van der Waals surface area (Å²) >= 11 is 0. The van der Waals surface area contributed by atoms with E-state index in [-0.39, 0.29) is 24.7 Å². The summed E-state index contributed by atoms with van der Waals surface area (Å²) in [5.74, 6) is 0.459. The molecule has 1 aliphatic rings. The van der Waals surface area contributed by atoms with Crippen LogP contribution in [0, 0.1) is 5.92 Å². The highest BCUT2D eigenvalue weighted by atomic mass is 16.5. The van der Waals surface area contributed by atoms with E-state index in [9.17, 15) is 9.90 Å². The first-order valence-electron chi connectivity index (χ1n) is 7.98. The van der Waals surface area contributed by atoms with Crippen LogP contribution in [0.5, 0.6) is 0 Å². The molecule has 1 aromatic carbocycles. The molecule has 2 amide bonds. The van der Waals surface area contributed by atoms with Gasteiger partial charge in [-0.3, -0.25) is 0 Å². The average molecular weight is 306 g/mol. The molecule has 0 unspecified atom stereocenters. The second kappa shape index (κ2) is 8.76. The van der Waals surface area contributed by atoms with Crippen molar-refractivity contribution in [3.63, 3.8) is 0 Å². The Bertz CT molecular complexity index is 446. The molecule has 0 bridgehead atoms. The minimum atomic E-state index is -0.274. The number of amides is 2. The lowest BCUT2D eigenvalue weighted by atomic mass is 9.93. The molecule has 1 aliphatic heterocycles. The quantitative estimate of drug-likeness (QED) is 0.749. The Balaban J connectivity index is 1.78. The number of aliphatic hydroxyl groups is 1. The highest BCUT2D eigenvalue weighted by molar-refractivity contribution is 5.74. The van der Waals surface area contributed by atoms with Gasteiger partial charge in [0.2, 0.25) is 0 Å². The van der Waals surface area contributed by atoms with Gasteiger partial charge >= 0.3 is 6.03 Å². The zero-order valence-corrected chi connectivity index (χ0v) is 13.1. The zero-order valence-electron chi connectivity index (χ0n) is 13.1. The van der Waals surface area contributed by atoms with Gasteiger partial charge in [0.15, 0.2) is 0 Å². The molecule has 0 saturated carbocycles. The summed E-state index contributed by atoms with van der Waals surface area (Å²) in [5.41, 5.74) is 1.10. The van der Waals surface area contributed by atoms with Gasteiger partial charge in [-0.05, 0) is 37.7 Å². The summed E-state index contributed by atoms with van der Waals surface area (Å²) in [6.07, 6.45) is 2.58. The third-order valence-corrected chi connectivity index (χ3v) is 4.21. The highest BCUT2D eigenvalue weighted by Gasteiger charge is 2.22. The van der Waals surface area contributed by atoms with Crippen LogP contribution in [0.4, 0.5) is 4.79 Å². The normalized spacial score (nSPS) is 18.5. The number of carbonyl (C=O) groups is 1. The Morgan fingerprint density at radius 3 is 2.59 bits per heavy atom. The lowest BCUT2D eigenvalue weighted by Crippen LogP contribution is -2.49. The minimum absolute atomic E-state index is 0.0754. The van der Waals surface area contributed by atoms with Crippen molar-refractivity contribution in [2.45, 2.75) is 38.3 Å². The predicted molar refractivity (Wildman–Crippen MR) is 85.7 cm³/mol. The SMILES string of the molecule is C[C@@H](NC(=O)N[C@H](CO)Cc1ccccc1)C1CCOCC1. The highest BCUT2D eigenvalue weighted by Crippen LogP contribution is 2.18. The van der Waals surface area contributed by atoms with E-state index in [4.69, 9.17) is 4.74 Å². The van der Waals surface area contributed by atoms with E-state index in [1.807, 2.05) is 37.3 Å². The minimum Gasteiger partial charge on any atom is -0.394 e. The number of hydrogen-bond acceptors (Lipinski definition) is 3. The van der Waals surface area contributed by atoms with E-state index in [1.165, 1.54) is 0 Å². The molecular formula is C17H26N2O3. The third kappa shape index (κ3) is 5.31. The Morgan fingerprint density at radius 2 is 1.95 bits per heavy atom. The Labute approximate surface area is 132 Å². The summed E-state index contributed by atoms with van der Waals surface area (Å²) in [5, 5.41) is 15.3. The number of hydrogen-bond donors (Lipinski definition) is 3. The molecule has 22 heavy (non-hydrogen) atoms. The number of rotatable bonds is 6. The molecule has 1 aromatic rings. The van der Waals surface area contributed by atoms with Gasteiger partial charge in [0.1, 0.15) is 0 Å². The van der Waals surface area contributed by atoms with Crippen molar-refractivity contribution in [1.29, 1.82) is 0 Å². The maximum absolute atomic E-state index is 12.1. The second-order valence-electron chi connectivity index (χ2n) is 5.93. The molecule has 122 valence electrons. The van der Waals surface area contributed by atoms with Crippen LogP contribution < -0.4 is 10.6 Å². The average Bonchev–Trinajstić information content (AvgIpc) is 2.56. The van der Waals surface area contributed by atoms with E-state index < -0.39 is 0 Å². The Hall–Kier alpha value is -1.59. The lowest BCUT2D eigenvalue weighted by Gasteiger charge is -2.29. The van der Waals surface area contributed by atoms with Gasteiger partial charge in [0.05, 0.1) is 12.6 Å². The van der Waals surface area contributed by atoms with Gasteiger partial charge in [-0.1, -0.05) is 30.3 Å². The van der Waals surface area contributed by atoms with E-state index in [1.54, 1.807) is 0 Å². The standard InChI is InChI=1S/C17H26N2O3/c1-13(15-7-9-22-10-8-15)18-17(21)19-16(12-20)11-14-5-3-2-4-6-14/h2-6,13,15-16,20H,7-12H2,1H3,(H2,18,19,21)/t13-,16+/m1/s1. The molecule has 1 saturated heterocycles. The number of benzene rings is 1. The van der Waals surface area contributed by atoms with Crippen LogP contribution in [0.3, 0.4) is 0 Å². The Kier molecular flexibility index (Phi) is 6.68. The molecule has 0 radical (unpaired) electrons. The molecular weight excluding hydrogens is 280 g/mol. The van der Waals surface area contributed by atoms with Gasteiger partial charge in [-0.2, -0.15) is 0 Å². The fraction of sp³-hybridized carbons (Fsp3) is 0.588. The van der Waals surface area contributed by atoms with Crippen molar-refractivity contribution in [2.75, 3.05) is 19.8 Å². The van der Waals surface area contributed by atoms with Gasteiger partial charge < -0.3 is 20.5 Å². The first kappa shape index (κ1) is 16.8. The molecule has 0 spiro atoms. The van der Waals surface area contributed by atoms with Crippen LogP contribution in [-0.4, -0.2) is 43.0 Å². The van der Waals surface area contributed by atoms with Gasteiger partial charge in [0.25, 0.3) is 0 Å². The first-order chi connectivity index (χ1) is 10.7. The topological polar surface area (TPSA) is 70.6 Å². The van der Waals surface area contributed by atoms with E-state index in [2.05, 4.69) is 10.6 Å².